The molecule has 3 nitrogen and oxygen atoms in total. The van der Waals surface area contributed by atoms with Gasteiger partial charge >= 0.3 is 0 Å². The van der Waals surface area contributed by atoms with Crippen LogP contribution in [-0.4, -0.2) is 12.1 Å². The molecule has 0 spiro atoms. The molecular weight excluding hydrogens is 296 g/mol. The van der Waals surface area contributed by atoms with E-state index in [9.17, 15) is 0 Å². The molecule has 0 unspecified atom stereocenters. The van der Waals surface area contributed by atoms with Gasteiger partial charge in [-0.15, -0.1) is 0 Å². The summed E-state index contributed by atoms with van der Waals surface area (Å²) in [6.45, 7) is 5.93. The SMILES string of the molecule is CC1(C)CN(Cc2cccc3ccccc23)c2ccc(N)cc2O1. The molecule has 0 radical (unpaired) electrons. The molecule has 122 valence electrons. The van der Waals surface area contributed by atoms with Crippen molar-refractivity contribution in [3.05, 3.63) is 66.2 Å². The summed E-state index contributed by atoms with van der Waals surface area (Å²) in [7, 11) is 0. The van der Waals surface area contributed by atoms with Crippen LogP contribution < -0.4 is 15.4 Å². The molecule has 1 heterocycles. The summed E-state index contributed by atoms with van der Waals surface area (Å²) in [6, 6.07) is 21.0. The normalized spacial score (nSPS) is 15.8. The Balaban J connectivity index is 1.76. The number of nitrogens with two attached hydrogens (primary N) is 1. The standard InChI is InChI=1S/C21H22N2O/c1-21(2)14-23(19-11-10-17(22)12-20(19)24-21)13-16-8-5-7-15-6-3-4-9-18(15)16/h3-12H,13-14,22H2,1-2H3. The molecule has 0 amide bonds. The van der Waals surface area contributed by atoms with Gasteiger partial charge in [-0.25, -0.2) is 0 Å². The number of nitrogen functional groups attached to an aromatic ring is 1. The van der Waals surface area contributed by atoms with E-state index in [1.165, 1.54) is 16.3 Å². The largest absolute Gasteiger partial charge is 0.484 e. The highest BCUT2D eigenvalue weighted by Gasteiger charge is 2.31. The molecule has 3 aromatic carbocycles. The Morgan fingerprint density at radius 2 is 1.83 bits per heavy atom. The van der Waals surface area contributed by atoms with Crippen molar-refractivity contribution >= 4 is 22.1 Å². The van der Waals surface area contributed by atoms with E-state index in [2.05, 4.69) is 67.3 Å². The minimum absolute atomic E-state index is 0.245. The average molecular weight is 318 g/mol. The lowest BCUT2D eigenvalue weighted by molar-refractivity contribution is 0.105. The Morgan fingerprint density at radius 1 is 1.04 bits per heavy atom. The predicted octanol–water partition coefficient (Wildman–Crippen LogP) is 4.60. The van der Waals surface area contributed by atoms with Gasteiger partial charge in [-0.1, -0.05) is 42.5 Å². The van der Waals surface area contributed by atoms with Gasteiger partial charge in [-0.05, 0) is 42.3 Å². The highest BCUT2D eigenvalue weighted by atomic mass is 16.5. The maximum Gasteiger partial charge on any atom is 0.145 e. The maximum absolute atomic E-state index is 6.13. The average Bonchev–Trinajstić information content (AvgIpc) is 2.53. The second-order valence-corrected chi connectivity index (χ2v) is 7.08. The second-order valence-electron chi connectivity index (χ2n) is 7.08. The summed E-state index contributed by atoms with van der Waals surface area (Å²) >= 11 is 0. The van der Waals surface area contributed by atoms with Crippen LogP contribution in [0.3, 0.4) is 0 Å². The molecule has 0 aromatic heterocycles. The molecule has 0 atom stereocenters. The van der Waals surface area contributed by atoms with Gasteiger partial charge in [0.15, 0.2) is 0 Å². The van der Waals surface area contributed by atoms with Gasteiger partial charge < -0.3 is 15.4 Å². The van der Waals surface area contributed by atoms with Gasteiger partial charge in [0.1, 0.15) is 11.4 Å². The molecule has 2 N–H and O–H groups in total. The third kappa shape index (κ3) is 2.67. The van der Waals surface area contributed by atoms with Crippen LogP contribution in [0.1, 0.15) is 19.4 Å². The van der Waals surface area contributed by atoms with Crippen LogP contribution in [0.2, 0.25) is 0 Å². The van der Waals surface area contributed by atoms with E-state index in [1.54, 1.807) is 0 Å². The van der Waals surface area contributed by atoms with E-state index >= 15 is 0 Å². The van der Waals surface area contributed by atoms with Crippen LogP contribution in [0.15, 0.2) is 60.7 Å². The van der Waals surface area contributed by atoms with Crippen molar-refractivity contribution in [2.24, 2.45) is 0 Å². The number of benzene rings is 3. The Kier molecular flexibility index (Phi) is 3.38. The fourth-order valence-corrected chi connectivity index (χ4v) is 3.53. The number of rotatable bonds is 2. The van der Waals surface area contributed by atoms with E-state index < -0.39 is 0 Å². The first-order valence-electron chi connectivity index (χ1n) is 8.32. The topological polar surface area (TPSA) is 38.5 Å². The molecule has 1 aliphatic heterocycles. The second kappa shape index (κ2) is 5.45. The number of anilines is 2. The molecule has 0 saturated heterocycles. The number of hydrogen-bond acceptors (Lipinski definition) is 3. The van der Waals surface area contributed by atoms with Crippen molar-refractivity contribution in [2.75, 3.05) is 17.2 Å². The molecule has 24 heavy (non-hydrogen) atoms. The number of fused-ring (bicyclic) bond motifs is 2. The number of ether oxygens (including phenoxy) is 1. The molecule has 0 fully saturated rings. The third-order valence-corrected chi connectivity index (χ3v) is 4.52. The first-order valence-corrected chi connectivity index (χ1v) is 8.32. The summed E-state index contributed by atoms with van der Waals surface area (Å²) in [4.78, 5) is 2.39. The van der Waals surface area contributed by atoms with Crippen molar-refractivity contribution in [3.8, 4) is 5.75 Å². The fraction of sp³-hybridized carbons (Fsp3) is 0.238. The molecule has 3 heteroatoms. The first-order chi connectivity index (χ1) is 11.5. The van der Waals surface area contributed by atoms with Crippen LogP contribution in [-0.2, 0) is 6.54 Å². The Morgan fingerprint density at radius 3 is 2.71 bits per heavy atom. The monoisotopic (exact) mass is 318 g/mol. The smallest absolute Gasteiger partial charge is 0.145 e. The molecule has 1 aliphatic rings. The van der Waals surface area contributed by atoms with Crippen molar-refractivity contribution in [3.63, 3.8) is 0 Å². The third-order valence-electron chi connectivity index (χ3n) is 4.52. The minimum Gasteiger partial charge on any atom is -0.484 e. The van der Waals surface area contributed by atoms with Gasteiger partial charge in [-0.3, -0.25) is 0 Å². The zero-order valence-electron chi connectivity index (χ0n) is 14.1. The zero-order valence-corrected chi connectivity index (χ0v) is 14.1. The first kappa shape index (κ1) is 14.9. The lowest BCUT2D eigenvalue weighted by Gasteiger charge is -2.41. The molecule has 0 aliphatic carbocycles. The minimum atomic E-state index is -0.245. The number of hydrogen-bond donors (Lipinski definition) is 1. The van der Waals surface area contributed by atoms with E-state index in [4.69, 9.17) is 10.5 Å². The van der Waals surface area contributed by atoms with Gasteiger partial charge in [0.25, 0.3) is 0 Å². The van der Waals surface area contributed by atoms with Crippen molar-refractivity contribution < 1.29 is 4.74 Å². The summed E-state index contributed by atoms with van der Waals surface area (Å²) in [5.41, 5.74) is 8.87. The van der Waals surface area contributed by atoms with Crippen LogP contribution in [0.5, 0.6) is 5.75 Å². The van der Waals surface area contributed by atoms with Crippen LogP contribution in [0, 0.1) is 0 Å². The van der Waals surface area contributed by atoms with Gasteiger partial charge in [0.05, 0.1) is 12.2 Å². The highest BCUT2D eigenvalue weighted by molar-refractivity contribution is 5.86. The van der Waals surface area contributed by atoms with Gasteiger partial charge in [-0.2, -0.15) is 0 Å². The van der Waals surface area contributed by atoms with Crippen molar-refractivity contribution in [1.29, 1.82) is 0 Å². The lowest BCUT2D eigenvalue weighted by atomic mass is 10.0. The van der Waals surface area contributed by atoms with Crippen molar-refractivity contribution in [2.45, 2.75) is 26.0 Å². The van der Waals surface area contributed by atoms with E-state index in [0.29, 0.717) is 0 Å². The molecule has 0 bridgehead atoms. The van der Waals surface area contributed by atoms with E-state index in [0.717, 1.165) is 30.2 Å². The van der Waals surface area contributed by atoms with E-state index in [-0.39, 0.29) is 5.60 Å². The van der Waals surface area contributed by atoms with Crippen LogP contribution in [0.25, 0.3) is 10.8 Å². The Hall–Kier alpha value is -2.68. The van der Waals surface area contributed by atoms with E-state index in [1.807, 2.05) is 12.1 Å². The summed E-state index contributed by atoms with van der Waals surface area (Å²) < 4.78 is 6.13. The number of nitrogens with zero attached hydrogens (tertiary/aromatic N) is 1. The Labute approximate surface area is 142 Å². The van der Waals surface area contributed by atoms with Crippen LogP contribution >= 0.6 is 0 Å². The molecular formula is C21H22N2O. The zero-order chi connectivity index (χ0) is 16.7. The van der Waals surface area contributed by atoms with Gasteiger partial charge in [0, 0.05) is 18.3 Å². The molecule has 0 saturated carbocycles. The Bertz CT molecular complexity index is 896. The molecule has 4 rings (SSSR count). The molecule has 3 aromatic rings. The quantitative estimate of drug-likeness (QED) is 0.702. The maximum atomic E-state index is 6.13. The fourth-order valence-electron chi connectivity index (χ4n) is 3.53. The van der Waals surface area contributed by atoms with Crippen molar-refractivity contribution in [1.82, 2.24) is 0 Å². The lowest BCUT2D eigenvalue weighted by Crippen LogP contribution is -2.46. The highest BCUT2D eigenvalue weighted by Crippen LogP contribution is 2.39. The predicted molar refractivity (Wildman–Crippen MR) is 101 cm³/mol. The van der Waals surface area contributed by atoms with Crippen LogP contribution in [0.4, 0.5) is 11.4 Å². The summed E-state index contributed by atoms with van der Waals surface area (Å²) in [5.74, 6) is 0.867. The summed E-state index contributed by atoms with van der Waals surface area (Å²) in [5, 5.41) is 2.58. The van der Waals surface area contributed by atoms with Gasteiger partial charge in [0.2, 0.25) is 0 Å². The summed E-state index contributed by atoms with van der Waals surface area (Å²) in [6.07, 6.45) is 0.